The molecular weight excluding hydrogens is 314 g/mol. The predicted octanol–water partition coefficient (Wildman–Crippen LogP) is 3.11. The van der Waals surface area contributed by atoms with Gasteiger partial charge in [-0.3, -0.25) is 14.7 Å². The minimum atomic E-state index is -0.392. The summed E-state index contributed by atoms with van der Waals surface area (Å²) in [6.45, 7) is 2.58. The molecule has 0 aromatic carbocycles. The van der Waals surface area contributed by atoms with Gasteiger partial charge in [-0.1, -0.05) is 12.8 Å². The van der Waals surface area contributed by atoms with Gasteiger partial charge < -0.3 is 9.73 Å². The lowest BCUT2D eigenvalue weighted by atomic mass is 9.62. The first-order valence-electron chi connectivity index (χ1n) is 9.87. The maximum atomic E-state index is 13.3. The van der Waals surface area contributed by atoms with Crippen LogP contribution in [0.2, 0.25) is 0 Å². The topological polar surface area (TPSA) is 57.8 Å². The highest BCUT2D eigenvalue weighted by Crippen LogP contribution is 2.47. The molecule has 1 N–H and O–H groups in total. The first-order chi connectivity index (χ1) is 12.2. The van der Waals surface area contributed by atoms with Crippen LogP contribution in [0.25, 0.3) is 0 Å². The van der Waals surface area contributed by atoms with Crippen LogP contribution in [-0.4, -0.2) is 35.3 Å². The number of hydrogen-bond acceptors (Lipinski definition) is 4. The van der Waals surface area contributed by atoms with Gasteiger partial charge >= 0.3 is 0 Å². The Bertz CT molecular complexity index is 690. The van der Waals surface area contributed by atoms with Crippen molar-refractivity contribution in [2.75, 3.05) is 13.1 Å². The average molecular weight is 341 g/mol. The van der Waals surface area contributed by atoms with Crippen LogP contribution in [0.5, 0.6) is 0 Å². The summed E-state index contributed by atoms with van der Waals surface area (Å²) in [6.07, 6.45) is 10.6. The van der Waals surface area contributed by atoms with Crippen LogP contribution in [0, 0.1) is 11.3 Å². The first kappa shape index (κ1) is 15.6. The van der Waals surface area contributed by atoms with E-state index in [1.807, 2.05) is 12.1 Å². The maximum Gasteiger partial charge on any atom is 0.235 e. The van der Waals surface area contributed by atoms with E-state index in [4.69, 9.17) is 9.41 Å². The van der Waals surface area contributed by atoms with Gasteiger partial charge in [0, 0.05) is 24.7 Å². The number of furan rings is 1. The number of piperidine rings is 1. The molecule has 1 spiro atoms. The number of aliphatic imine (C=N–C) groups is 1. The van der Waals surface area contributed by atoms with Crippen LogP contribution in [0.1, 0.15) is 57.1 Å². The molecule has 1 aromatic heterocycles. The maximum absolute atomic E-state index is 13.3. The summed E-state index contributed by atoms with van der Waals surface area (Å²) in [6, 6.07) is 3.96. The molecule has 4 aliphatic rings. The van der Waals surface area contributed by atoms with E-state index in [9.17, 15) is 4.79 Å². The number of carbonyl (C=O) groups is 1. The van der Waals surface area contributed by atoms with Crippen molar-refractivity contribution in [3.8, 4) is 0 Å². The summed E-state index contributed by atoms with van der Waals surface area (Å²) in [5.41, 5.74) is 0.559. The van der Waals surface area contributed by atoms with E-state index >= 15 is 0 Å². The van der Waals surface area contributed by atoms with Crippen LogP contribution in [-0.2, 0) is 11.3 Å². The Balaban J connectivity index is 1.48. The number of likely N-dealkylation sites (tertiary alicyclic amines) is 1. The molecule has 5 heteroatoms. The van der Waals surface area contributed by atoms with Gasteiger partial charge in [-0.25, -0.2) is 0 Å². The zero-order chi connectivity index (χ0) is 16.9. The lowest BCUT2D eigenvalue weighted by Crippen LogP contribution is -2.69. The fraction of sp³-hybridized carbons (Fsp3) is 0.700. The molecule has 5 nitrogen and oxygen atoms in total. The zero-order valence-corrected chi connectivity index (χ0v) is 14.8. The standard InChI is InChI=1S/C20H27N3O2/c24-18-19-8-4-6-15(12-23(14-19)13-16-7-5-11-25-16)17(19)21-20(22-18)9-2-1-3-10-20/h5,7,11,15H,1-4,6,8-10,12-14H2,(H,22,24). The molecule has 2 atom stereocenters. The zero-order valence-electron chi connectivity index (χ0n) is 14.8. The molecule has 5 rings (SSSR count). The Kier molecular flexibility index (Phi) is 3.56. The van der Waals surface area contributed by atoms with E-state index in [1.165, 1.54) is 31.4 Å². The number of carbonyl (C=O) groups excluding carboxylic acids is 1. The van der Waals surface area contributed by atoms with Crippen LogP contribution < -0.4 is 5.32 Å². The van der Waals surface area contributed by atoms with Crippen LogP contribution in [0.3, 0.4) is 0 Å². The summed E-state index contributed by atoms with van der Waals surface area (Å²) in [4.78, 5) is 21.0. The molecule has 1 saturated heterocycles. The molecule has 2 unspecified atom stereocenters. The van der Waals surface area contributed by atoms with E-state index in [0.29, 0.717) is 5.92 Å². The molecule has 2 bridgehead atoms. The van der Waals surface area contributed by atoms with Gasteiger partial charge in [0.05, 0.1) is 18.2 Å². The normalized spacial score (nSPS) is 34.3. The molecule has 3 heterocycles. The number of nitrogens with one attached hydrogen (secondary N) is 1. The van der Waals surface area contributed by atoms with Crippen molar-refractivity contribution in [3.63, 3.8) is 0 Å². The highest BCUT2D eigenvalue weighted by molar-refractivity contribution is 6.12. The summed E-state index contributed by atoms with van der Waals surface area (Å²) in [5.74, 6) is 1.66. The molecule has 1 aromatic rings. The molecule has 1 amide bonds. The Morgan fingerprint density at radius 1 is 1.24 bits per heavy atom. The number of nitrogens with zero attached hydrogens (tertiary/aromatic N) is 2. The lowest BCUT2D eigenvalue weighted by molar-refractivity contribution is -0.134. The molecule has 134 valence electrons. The van der Waals surface area contributed by atoms with Crippen molar-refractivity contribution in [1.29, 1.82) is 0 Å². The van der Waals surface area contributed by atoms with Gasteiger partial charge in [-0.2, -0.15) is 0 Å². The van der Waals surface area contributed by atoms with Crippen LogP contribution in [0.4, 0.5) is 0 Å². The van der Waals surface area contributed by atoms with E-state index in [-0.39, 0.29) is 11.6 Å². The van der Waals surface area contributed by atoms with Crippen molar-refractivity contribution in [3.05, 3.63) is 24.2 Å². The fourth-order valence-electron chi connectivity index (χ4n) is 5.61. The molecule has 0 radical (unpaired) electrons. The summed E-state index contributed by atoms with van der Waals surface area (Å²) < 4.78 is 5.54. The van der Waals surface area contributed by atoms with E-state index in [0.717, 1.165) is 51.1 Å². The summed E-state index contributed by atoms with van der Waals surface area (Å²) in [7, 11) is 0. The van der Waals surface area contributed by atoms with E-state index < -0.39 is 5.41 Å². The largest absolute Gasteiger partial charge is 0.468 e. The molecule has 2 aliphatic heterocycles. The first-order valence-corrected chi connectivity index (χ1v) is 9.87. The van der Waals surface area contributed by atoms with Crippen molar-refractivity contribution in [1.82, 2.24) is 10.2 Å². The van der Waals surface area contributed by atoms with Gasteiger partial charge in [0.15, 0.2) is 0 Å². The molecule has 2 saturated carbocycles. The second kappa shape index (κ2) is 5.70. The minimum Gasteiger partial charge on any atom is -0.468 e. The van der Waals surface area contributed by atoms with Gasteiger partial charge in [-0.05, 0) is 50.7 Å². The van der Waals surface area contributed by atoms with Gasteiger partial charge in [0.2, 0.25) is 5.91 Å². The van der Waals surface area contributed by atoms with Crippen LogP contribution >= 0.6 is 0 Å². The highest BCUT2D eigenvalue weighted by Gasteiger charge is 2.57. The third kappa shape index (κ3) is 2.47. The molecule has 25 heavy (non-hydrogen) atoms. The predicted molar refractivity (Wildman–Crippen MR) is 95.2 cm³/mol. The van der Waals surface area contributed by atoms with Gasteiger partial charge in [-0.15, -0.1) is 0 Å². The Morgan fingerprint density at radius 2 is 2.12 bits per heavy atom. The minimum absolute atomic E-state index is 0.244. The monoisotopic (exact) mass is 341 g/mol. The molecule has 2 aliphatic carbocycles. The van der Waals surface area contributed by atoms with Crippen molar-refractivity contribution in [2.45, 2.75) is 63.6 Å². The third-order valence-corrected chi connectivity index (χ3v) is 6.76. The fourth-order valence-corrected chi connectivity index (χ4v) is 5.61. The third-order valence-electron chi connectivity index (χ3n) is 6.76. The highest BCUT2D eigenvalue weighted by atomic mass is 16.3. The second-order valence-electron chi connectivity index (χ2n) is 8.46. The smallest absolute Gasteiger partial charge is 0.235 e. The second-order valence-corrected chi connectivity index (χ2v) is 8.46. The summed E-state index contributed by atoms with van der Waals surface area (Å²) >= 11 is 0. The lowest BCUT2D eigenvalue weighted by Gasteiger charge is -2.54. The Morgan fingerprint density at radius 3 is 2.92 bits per heavy atom. The number of hydrogen-bond donors (Lipinski definition) is 1. The molecular formula is C20H27N3O2. The Labute approximate surface area is 148 Å². The van der Waals surface area contributed by atoms with Gasteiger partial charge in [0.25, 0.3) is 0 Å². The van der Waals surface area contributed by atoms with Crippen molar-refractivity contribution in [2.24, 2.45) is 16.3 Å². The van der Waals surface area contributed by atoms with Gasteiger partial charge in [0.1, 0.15) is 11.4 Å². The number of amides is 1. The van der Waals surface area contributed by atoms with E-state index in [2.05, 4.69) is 10.2 Å². The Hall–Kier alpha value is -1.62. The van der Waals surface area contributed by atoms with Crippen molar-refractivity contribution < 1.29 is 9.21 Å². The quantitative estimate of drug-likeness (QED) is 0.899. The van der Waals surface area contributed by atoms with E-state index in [1.54, 1.807) is 6.26 Å². The SMILES string of the molecule is O=C1NC2(CCCCC2)N=C2C3CCCC12CN(Cc1ccco1)C3. The average Bonchev–Trinajstić information content (AvgIpc) is 3.09. The van der Waals surface area contributed by atoms with Crippen LogP contribution in [0.15, 0.2) is 27.8 Å². The number of rotatable bonds is 2. The molecule has 3 fully saturated rings. The summed E-state index contributed by atoms with van der Waals surface area (Å²) in [5, 5.41) is 3.38. The van der Waals surface area contributed by atoms with Crippen molar-refractivity contribution >= 4 is 11.6 Å².